The van der Waals surface area contributed by atoms with E-state index in [-0.39, 0.29) is 29.3 Å². The van der Waals surface area contributed by atoms with E-state index in [2.05, 4.69) is 12.2 Å². The van der Waals surface area contributed by atoms with Gasteiger partial charge < -0.3 is 10.2 Å². The van der Waals surface area contributed by atoms with Crippen molar-refractivity contribution in [3.8, 4) is 0 Å². The van der Waals surface area contributed by atoms with Crippen LogP contribution in [0.4, 0.5) is 0 Å². The molecule has 1 aromatic carbocycles. The van der Waals surface area contributed by atoms with Gasteiger partial charge in [-0.2, -0.15) is 0 Å². The van der Waals surface area contributed by atoms with Gasteiger partial charge in [0.15, 0.2) is 9.84 Å². The first-order valence-corrected chi connectivity index (χ1v) is 9.14. The summed E-state index contributed by atoms with van der Waals surface area (Å²) in [5.41, 5.74) is 0.544. The molecule has 124 valence electrons. The van der Waals surface area contributed by atoms with Gasteiger partial charge in [-0.1, -0.05) is 6.92 Å². The van der Waals surface area contributed by atoms with Crippen LogP contribution in [0.1, 0.15) is 30.1 Å². The van der Waals surface area contributed by atoms with Crippen LogP contribution in [0.5, 0.6) is 0 Å². The Morgan fingerprint density at radius 2 is 1.95 bits per heavy atom. The highest BCUT2D eigenvalue weighted by Gasteiger charge is 2.26. The van der Waals surface area contributed by atoms with E-state index >= 15 is 0 Å². The molecular formula is C15H23ClN2O3S. The van der Waals surface area contributed by atoms with E-state index in [1.54, 1.807) is 12.1 Å². The molecule has 0 radical (unpaired) electrons. The van der Waals surface area contributed by atoms with Crippen molar-refractivity contribution < 1.29 is 13.2 Å². The minimum absolute atomic E-state index is 0. The maximum absolute atomic E-state index is 12.6. The fourth-order valence-electron chi connectivity index (χ4n) is 2.61. The highest BCUT2D eigenvalue weighted by Crippen LogP contribution is 2.16. The molecule has 0 spiro atoms. The second-order valence-electron chi connectivity index (χ2n) is 5.44. The van der Waals surface area contributed by atoms with Gasteiger partial charge in [-0.15, -0.1) is 12.4 Å². The van der Waals surface area contributed by atoms with Gasteiger partial charge >= 0.3 is 0 Å². The molecule has 1 N–H and O–H groups in total. The fourth-order valence-corrected chi connectivity index (χ4v) is 3.24. The van der Waals surface area contributed by atoms with E-state index in [1.807, 2.05) is 4.90 Å². The molecule has 1 unspecified atom stereocenters. The van der Waals surface area contributed by atoms with Gasteiger partial charge in [0.25, 0.3) is 5.91 Å². The molecule has 0 saturated carbocycles. The average Bonchev–Trinajstić information content (AvgIpc) is 2.97. The fraction of sp³-hybridized carbons (Fsp3) is 0.533. The average molecular weight is 347 g/mol. The highest BCUT2D eigenvalue weighted by molar-refractivity contribution is 7.90. The topological polar surface area (TPSA) is 66.5 Å². The Morgan fingerprint density at radius 1 is 1.32 bits per heavy atom. The van der Waals surface area contributed by atoms with E-state index in [0.717, 1.165) is 38.7 Å². The first-order valence-electron chi connectivity index (χ1n) is 7.25. The Kier molecular flexibility index (Phi) is 6.84. The number of hydrogen-bond donors (Lipinski definition) is 1. The summed E-state index contributed by atoms with van der Waals surface area (Å²) in [7, 11) is -3.23. The van der Waals surface area contributed by atoms with Crippen molar-refractivity contribution in [3.63, 3.8) is 0 Å². The van der Waals surface area contributed by atoms with Crippen LogP contribution in [0.3, 0.4) is 0 Å². The number of halogens is 1. The molecule has 0 aliphatic carbocycles. The zero-order valence-corrected chi connectivity index (χ0v) is 14.5. The molecule has 7 heteroatoms. The quantitative estimate of drug-likeness (QED) is 0.881. The van der Waals surface area contributed by atoms with Crippen LogP contribution < -0.4 is 5.32 Å². The Labute approximate surface area is 138 Å². The summed E-state index contributed by atoms with van der Waals surface area (Å²) in [6, 6.07) is 6.43. The number of carbonyl (C=O) groups is 1. The molecule has 1 atom stereocenters. The van der Waals surface area contributed by atoms with Gasteiger partial charge in [0.05, 0.1) is 4.90 Å². The van der Waals surface area contributed by atoms with Gasteiger partial charge in [-0.05, 0) is 43.7 Å². The smallest absolute Gasteiger partial charge is 0.254 e. The van der Waals surface area contributed by atoms with Gasteiger partial charge in [0.2, 0.25) is 0 Å². The van der Waals surface area contributed by atoms with Crippen LogP contribution in [0.25, 0.3) is 0 Å². The zero-order chi connectivity index (χ0) is 15.5. The van der Waals surface area contributed by atoms with Crippen molar-refractivity contribution in [2.75, 3.05) is 25.9 Å². The Balaban J connectivity index is 0.00000242. The van der Waals surface area contributed by atoms with Gasteiger partial charge in [0, 0.05) is 31.0 Å². The Hall–Kier alpha value is -1.11. The van der Waals surface area contributed by atoms with E-state index in [0.29, 0.717) is 5.56 Å². The van der Waals surface area contributed by atoms with Crippen LogP contribution in [-0.4, -0.2) is 51.2 Å². The second kappa shape index (κ2) is 7.94. The maximum atomic E-state index is 12.6. The molecule has 0 aromatic heterocycles. The minimum atomic E-state index is -3.23. The lowest BCUT2D eigenvalue weighted by Gasteiger charge is -2.28. The molecule has 1 fully saturated rings. The predicted octanol–water partition coefficient (Wildman–Crippen LogP) is 1.73. The normalized spacial score (nSPS) is 17.8. The maximum Gasteiger partial charge on any atom is 0.254 e. The predicted molar refractivity (Wildman–Crippen MR) is 89.4 cm³/mol. The summed E-state index contributed by atoms with van der Waals surface area (Å²) in [5, 5.41) is 3.27. The summed E-state index contributed by atoms with van der Waals surface area (Å²) in [6.45, 7) is 4.53. The van der Waals surface area contributed by atoms with Crippen molar-refractivity contribution in [1.29, 1.82) is 0 Å². The Morgan fingerprint density at radius 3 is 2.41 bits per heavy atom. The van der Waals surface area contributed by atoms with Crippen molar-refractivity contribution in [2.45, 2.75) is 30.7 Å². The lowest BCUT2D eigenvalue weighted by molar-refractivity contribution is 0.0692. The number of sulfone groups is 1. The van der Waals surface area contributed by atoms with Crippen LogP contribution >= 0.6 is 12.4 Å². The number of nitrogens with one attached hydrogen (secondary N) is 1. The first kappa shape index (κ1) is 18.9. The van der Waals surface area contributed by atoms with E-state index in [4.69, 9.17) is 0 Å². The number of rotatable bonds is 5. The summed E-state index contributed by atoms with van der Waals surface area (Å²) < 4.78 is 22.9. The van der Waals surface area contributed by atoms with Crippen LogP contribution in [-0.2, 0) is 9.84 Å². The third-order valence-corrected chi connectivity index (χ3v) is 4.86. The van der Waals surface area contributed by atoms with E-state index < -0.39 is 9.84 Å². The number of benzene rings is 1. The number of carbonyl (C=O) groups excluding carboxylic acids is 1. The summed E-state index contributed by atoms with van der Waals surface area (Å²) in [5.74, 6) is -0.0226. The van der Waals surface area contributed by atoms with Crippen molar-refractivity contribution in [3.05, 3.63) is 29.8 Å². The standard InChI is InChI=1S/C15H22N2O3S.ClH/c1-3-10-17(13-8-9-16-11-13)15(18)12-4-6-14(7-5-12)21(2,19)20;/h4-7,13,16H,3,8-11H2,1-2H3;1H. The summed E-state index contributed by atoms with van der Waals surface area (Å²) >= 11 is 0. The SMILES string of the molecule is CCCN(C(=O)c1ccc(S(C)(=O)=O)cc1)C1CCNC1.Cl. The number of amides is 1. The first-order chi connectivity index (χ1) is 9.93. The van der Waals surface area contributed by atoms with Crippen LogP contribution in [0, 0.1) is 0 Å². The van der Waals surface area contributed by atoms with Crippen molar-refractivity contribution in [2.24, 2.45) is 0 Å². The molecule has 22 heavy (non-hydrogen) atoms. The van der Waals surface area contributed by atoms with Gasteiger partial charge in [-0.3, -0.25) is 4.79 Å². The molecule has 1 aliphatic heterocycles. The largest absolute Gasteiger partial charge is 0.334 e. The number of hydrogen-bond acceptors (Lipinski definition) is 4. The zero-order valence-electron chi connectivity index (χ0n) is 12.9. The third kappa shape index (κ3) is 4.44. The van der Waals surface area contributed by atoms with E-state index in [1.165, 1.54) is 12.1 Å². The molecule has 1 amide bonds. The van der Waals surface area contributed by atoms with Gasteiger partial charge in [0.1, 0.15) is 0 Å². The molecule has 1 heterocycles. The summed E-state index contributed by atoms with van der Waals surface area (Å²) in [4.78, 5) is 14.8. The monoisotopic (exact) mass is 346 g/mol. The van der Waals surface area contributed by atoms with E-state index in [9.17, 15) is 13.2 Å². The lowest BCUT2D eigenvalue weighted by atomic mass is 10.1. The third-order valence-electron chi connectivity index (χ3n) is 3.73. The number of nitrogens with zero attached hydrogens (tertiary/aromatic N) is 1. The molecule has 1 aromatic rings. The molecule has 1 saturated heterocycles. The van der Waals surface area contributed by atoms with Crippen LogP contribution in [0.2, 0.25) is 0 Å². The highest BCUT2D eigenvalue weighted by atomic mass is 35.5. The second-order valence-corrected chi connectivity index (χ2v) is 7.46. The molecule has 1 aliphatic rings. The molecule has 2 rings (SSSR count). The minimum Gasteiger partial charge on any atom is -0.334 e. The lowest BCUT2D eigenvalue weighted by Crippen LogP contribution is -2.42. The molecule has 5 nitrogen and oxygen atoms in total. The van der Waals surface area contributed by atoms with Gasteiger partial charge in [-0.25, -0.2) is 8.42 Å². The Bertz CT molecular complexity index is 596. The molecule has 0 bridgehead atoms. The van der Waals surface area contributed by atoms with Crippen molar-refractivity contribution >= 4 is 28.2 Å². The molecular weight excluding hydrogens is 324 g/mol. The van der Waals surface area contributed by atoms with Crippen LogP contribution in [0.15, 0.2) is 29.2 Å². The summed E-state index contributed by atoms with van der Waals surface area (Å²) in [6.07, 6.45) is 3.04. The van der Waals surface area contributed by atoms with Crippen molar-refractivity contribution in [1.82, 2.24) is 10.2 Å².